The van der Waals surface area contributed by atoms with Crippen LogP contribution in [0.15, 0.2) is 42.6 Å². The fourth-order valence-corrected chi connectivity index (χ4v) is 1.78. The summed E-state index contributed by atoms with van der Waals surface area (Å²) in [5.41, 5.74) is 3.37. The van der Waals surface area contributed by atoms with Crippen molar-refractivity contribution in [2.75, 3.05) is 14.2 Å². The van der Waals surface area contributed by atoms with Gasteiger partial charge < -0.3 is 10.1 Å². The summed E-state index contributed by atoms with van der Waals surface area (Å²) in [5.74, 6) is 0.778. The van der Waals surface area contributed by atoms with E-state index in [1.165, 1.54) is 5.56 Å². The van der Waals surface area contributed by atoms with Crippen LogP contribution in [-0.4, -0.2) is 19.1 Å². The SMILES string of the molecule is CNCc1ccccc1-c1ccc(OC)cn1. The molecule has 0 unspecified atom stereocenters. The first-order valence-electron chi connectivity index (χ1n) is 5.58. The first-order chi connectivity index (χ1) is 8.35. The number of rotatable bonds is 4. The zero-order valence-electron chi connectivity index (χ0n) is 10.1. The summed E-state index contributed by atoms with van der Waals surface area (Å²) in [7, 11) is 3.59. The molecule has 0 amide bonds. The van der Waals surface area contributed by atoms with Crippen LogP contribution in [0.5, 0.6) is 5.75 Å². The van der Waals surface area contributed by atoms with Gasteiger partial charge in [-0.2, -0.15) is 0 Å². The molecule has 0 saturated heterocycles. The summed E-state index contributed by atoms with van der Waals surface area (Å²) in [6.45, 7) is 0.837. The van der Waals surface area contributed by atoms with Crippen LogP contribution in [0, 0.1) is 0 Å². The summed E-state index contributed by atoms with van der Waals surface area (Å²) in [5, 5.41) is 3.16. The topological polar surface area (TPSA) is 34.1 Å². The zero-order chi connectivity index (χ0) is 12.1. The fourth-order valence-electron chi connectivity index (χ4n) is 1.78. The van der Waals surface area contributed by atoms with Crippen molar-refractivity contribution in [3.63, 3.8) is 0 Å². The average Bonchev–Trinajstić information content (AvgIpc) is 2.40. The lowest BCUT2D eigenvalue weighted by molar-refractivity contribution is 0.413. The van der Waals surface area contributed by atoms with Crippen molar-refractivity contribution in [3.8, 4) is 17.0 Å². The van der Waals surface area contributed by atoms with Gasteiger partial charge in [-0.25, -0.2) is 0 Å². The molecular formula is C14H16N2O. The standard InChI is InChI=1S/C14H16N2O/c1-15-9-11-5-3-4-6-13(11)14-8-7-12(17-2)10-16-14/h3-8,10,15H,9H2,1-2H3. The van der Waals surface area contributed by atoms with Gasteiger partial charge in [0.2, 0.25) is 0 Å². The summed E-state index contributed by atoms with van der Waals surface area (Å²) < 4.78 is 5.11. The van der Waals surface area contributed by atoms with Crippen LogP contribution >= 0.6 is 0 Å². The predicted octanol–water partition coefficient (Wildman–Crippen LogP) is 2.48. The molecule has 2 rings (SSSR count). The Morgan fingerprint density at radius 3 is 2.65 bits per heavy atom. The van der Waals surface area contributed by atoms with E-state index < -0.39 is 0 Å². The molecule has 17 heavy (non-hydrogen) atoms. The van der Waals surface area contributed by atoms with Gasteiger partial charge in [-0.05, 0) is 24.7 Å². The lowest BCUT2D eigenvalue weighted by atomic mass is 10.0. The van der Waals surface area contributed by atoms with E-state index in [9.17, 15) is 0 Å². The number of nitrogens with zero attached hydrogens (tertiary/aromatic N) is 1. The normalized spacial score (nSPS) is 10.2. The highest BCUT2D eigenvalue weighted by Crippen LogP contribution is 2.23. The number of aromatic nitrogens is 1. The van der Waals surface area contributed by atoms with E-state index in [2.05, 4.69) is 22.4 Å². The van der Waals surface area contributed by atoms with Crippen molar-refractivity contribution in [2.45, 2.75) is 6.54 Å². The van der Waals surface area contributed by atoms with E-state index in [1.807, 2.05) is 31.3 Å². The third kappa shape index (κ3) is 2.63. The van der Waals surface area contributed by atoms with Crippen LogP contribution < -0.4 is 10.1 Å². The Bertz CT molecular complexity index is 480. The Labute approximate surface area is 101 Å². The molecule has 0 aliphatic rings. The Kier molecular flexibility index (Phi) is 3.73. The zero-order valence-corrected chi connectivity index (χ0v) is 10.1. The van der Waals surface area contributed by atoms with Gasteiger partial charge in [-0.3, -0.25) is 4.98 Å². The van der Waals surface area contributed by atoms with Crippen LogP contribution in [-0.2, 0) is 6.54 Å². The van der Waals surface area contributed by atoms with Crippen molar-refractivity contribution >= 4 is 0 Å². The Morgan fingerprint density at radius 2 is 2.00 bits per heavy atom. The molecule has 0 aliphatic heterocycles. The summed E-state index contributed by atoms with van der Waals surface area (Å²) >= 11 is 0. The molecule has 0 aliphatic carbocycles. The fraction of sp³-hybridized carbons (Fsp3) is 0.214. The second-order valence-electron chi connectivity index (χ2n) is 3.77. The van der Waals surface area contributed by atoms with Crippen LogP contribution in [0.25, 0.3) is 11.3 Å². The van der Waals surface area contributed by atoms with E-state index in [0.29, 0.717) is 0 Å². The third-order valence-corrected chi connectivity index (χ3v) is 2.63. The van der Waals surface area contributed by atoms with Gasteiger partial charge >= 0.3 is 0 Å². The molecular weight excluding hydrogens is 212 g/mol. The highest BCUT2D eigenvalue weighted by molar-refractivity contribution is 5.63. The minimum Gasteiger partial charge on any atom is -0.495 e. The van der Waals surface area contributed by atoms with Gasteiger partial charge in [0.1, 0.15) is 5.75 Å². The minimum atomic E-state index is 0.778. The molecule has 0 saturated carbocycles. The maximum Gasteiger partial charge on any atom is 0.137 e. The van der Waals surface area contributed by atoms with E-state index in [1.54, 1.807) is 13.3 Å². The van der Waals surface area contributed by atoms with Crippen LogP contribution in [0.2, 0.25) is 0 Å². The first-order valence-corrected chi connectivity index (χ1v) is 5.58. The minimum absolute atomic E-state index is 0.778. The van der Waals surface area contributed by atoms with Crippen LogP contribution in [0.4, 0.5) is 0 Å². The number of pyridine rings is 1. The summed E-state index contributed by atoms with van der Waals surface area (Å²) in [6.07, 6.45) is 1.74. The van der Waals surface area contributed by atoms with Gasteiger partial charge in [-0.1, -0.05) is 24.3 Å². The van der Waals surface area contributed by atoms with E-state index in [-0.39, 0.29) is 0 Å². The molecule has 1 aromatic heterocycles. The highest BCUT2D eigenvalue weighted by atomic mass is 16.5. The monoisotopic (exact) mass is 228 g/mol. The molecule has 1 N–H and O–H groups in total. The van der Waals surface area contributed by atoms with Crippen LogP contribution in [0.3, 0.4) is 0 Å². The van der Waals surface area contributed by atoms with Crippen molar-refractivity contribution in [1.82, 2.24) is 10.3 Å². The average molecular weight is 228 g/mol. The number of hydrogen-bond donors (Lipinski definition) is 1. The number of methoxy groups -OCH3 is 1. The molecule has 0 bridgehead atoms. The molecule has 0 fully saturated rings. The largest absolute Gasteiger partial charge is 0.495 e. The first kappa shape index (κ1) is 11.6. The van der Waals surface area contributed by atoms with Crippen molar-refractivity contribution in [2.24, 2.45) is 0 Å². The Morgan fingerprint density at radius 1 is 1.18 bits per heavy atom. The maximum atomic E-state index is 5.11. The van der Waals surface area contributed by atoms with E-state index in [4.69, 9.17) is 4.74 Å². The molecule has 0 radical (unpaired) electrons. The quantitative estimate of drug-likeness (QED) is 0.873. The smallest absolute Gasteiger partial charge is 0.137 e. The van der Waals surface area contributed by atoms with E-state index in [0.717, 1.165) is 23.6 Å². The van der Waals surface area contributed by atoms with Gasteiger partial charge in [0.05, 0.1) is 19.0 Å². The molecule has 3 heteroatoms. The lowest BCUT2D eigenvalue weighted by Crippen LogP contribution is -2.06. The van der Waals surface area contributed by atoms with Crippen molar-refractivity contribution in [1.29, 1.82) is 0 Å². The molecule has 0 atom stereocenters. The molecule has 1 heterocycles. The number of nitrogens with one attached hydrogen (secondary N) is 1. The maximum absolute atomic E-state index is 5.11. The third-order valence-electron chi connectivity index (χ3n) is 2.63. The van der Waals surface area contributed by atoms with Gasteiger partial charge in [0, 0.05) is 12.1 Å². The number of ether oxygens (including phenoxy) is 1. The predicted molar refractivity (Wildman–Crippen MR) is 69.0 cm³/mol. The van der Waals surface area contributed by atoms with Gasteiger partial charge in [0.25, 0.3) is 0 Å². The summed E-state index contributed by atoms with van der Waals surface area (Å²) in [6, 6.07) is 12.2. The molecule has 3 nitrogen and oxygen atoms in total. The summed E-state index contributed by atoms with van der Waals surface area (Å²) in [4.78, 5) is 4.41. The number of benzene rings is 1. The molecule has 1 aromatic carbocycles. The van der Waals surface area contributed by atoms with Gasteiger partial charge in [-0.15, -0.1) is 0 Å². The Hall–Kier alpha value is -1.87. The molecule has 2 aromatic rings. The molecule has 88 valence electrons. The second-order valence-corrected chi connectivity index (χ2v) is 3.77. The second kappa shape index (κ2) is 5.46. The van der Waals surface area contributed by atoms with E-state index >= 15 is 0 Å². The van der Waals surface area contributed by atoms with Crippen molar-refractivity contribution < 1.29 is 4.74 Å². The number of hydrogen-bond acceptors (Lipinski definition) is 3. The Balaban J connectivity index is 2.37. The van der Waals surface area contributed by atoms with Crippen LogP contribution in [0.1, 0.15) is 5.56 Å². The molecule has 0 spiro atoms. The highest BCUT2D eigenvalue weighted by Gasteiger charge is 2.04. The lowest BCUT2D eigenvalue weighted by Gasteiger charge is -2.08. The van der Waals surface area contributed by atoms with Crippen molar-refractivity contribution in [3.05, 3.63) is 48.2 Å². The van der Waals surface area contributed by atoms with Gasteiger partial charge in [0.15, 0.2) is 0 Å².